The zero-order valence-corrected chi connectivity index (χ0v) is 22.0. The molecule has 2 atom stereocenters. The summed E-state index contributed by atoms with van der Waals surface area (Å²) in [5.74, 6) is 0.0899. The number of carbonyl (C=O) groups is 2. The fourth-order valence-corrected chi connectivity index (χ4v) is 5.60. The minimum absolute atomic E-state index is 0.109. The second kappa shape index (κ2) is 9.55. The predicted octanol–water partition coefficient (Wildman–Crippen LogP) is 5.40. The van der Waals surface area contributed by atoms with Crippen molar-refractivity contribution < 1.29 is 19.1 Å². The molecule has 0 bridgehead atoms. The molecule has 6 heteroatoms. The SMILES string of the molecule is COC(=O)c1ccc2c(c1)CN(CC1(CN(C(=O)OC(C)(C)C)[C@H]3CC3c3ccccc3)CC1)CC2. The molecule has 0 N–H and O–H groups in total. The molecule has 2 aromatic rings. The molecule has 5 rings (SSSR count). The first kappa shape index (κ1) is 24.8. The number of benzene rings is 2. The van der Waals surface area contributed by atoms with E-state index >= 15 is 0 Å². The van der Waals surface area contributed by atoms with E-state index in [-0.39, 0.29) is 23.5 Å². The van der Waals surface area contributed by atoms with Crippen molar-refractivity contribution in [1.29, 1.82) is 0 Å². The van der Waals surface area contributed by atoms with Gasteiger partial charge in [0.25, 0.3) is 0 Å². The van der Waals surface area contributed by atoms with Crippen LogP contribution in [-0.4, -0.2) is 60.2 Å². The van der Waals surface area contributed by atoms with Crippen molar-refractivity contribution in [2.24, 2.45) is 5.41 Å². The van der Waals surface area contributed by atoms with E-state index in [1.54, 1.807) is 0 Å². The van der Waals surface area contributed by atoms with Gasteiger partial charge in [0.1, 0.15) is 5.60 Å². The van der Waals surface area contributed by atoms with Crippen LogP contribution in [0.5, 0.6) is 0 Å². The molecule has 2 fully saturated rings. The lowest BCUT2D eigenvalue weighted by atomic mass is 9.95. The third-order valence-electron chi connectivity index (χ3n) is 7.75. The van der Waals surface area contributed by atoms with Crippen LogP contribution in [-0.2, 0) is 22.4 Å². The number of hydrogen-bond acceptors (Lipinski definition) is 5. The third-order valence-corrected chi connectivity index (χ3v) is 7.75. The smallest absolute Gasteiger partial charge is 0.410 e. The Kier molecular flexibility index (Phi) is 6.58. The number of ether oxygens (including phenoxy) is 2. The van der Waals surface area contributed by atoms with E-state index in [2.05, 4.69) is 35.2 Å². The Bertz CT molecular complexity index is 1120. The molecule has 0 spiro atoms. The van der Waals surface area contributed by atoms with Gasteiger partial charge in [-0.2, -0.15) is 0 Å². The maximum atomic E-state index is 13.4. The Labute approximate surface area is 214 Å². The van der Waals surface area contributed by atoms with Gasteiger partial charge < -0.3 is 14.4 Å². The van der Waals surface area contributed by atoms with E-state index in [1.165, 1.54) is 23.8 Å². The molecule has 0 radical (unpaired) electrons. The second-order valence-electron chi connectivity index (χ2n) is 11.9. The third kappa shape index (κ3) is 5.59. The van der Waals surface area contributed by atoms with E-state index in [4.69, 9.17) is 9.47 Å². The summed E-state index contributed by atoms with van der Waals surface area (Å²) in [7, 11) is 1.42. The van der Waals surface area contributed by atoms with Crippen molar-refractivity contribution in [3.8, 4) is 0 Å². The van der Waals surface area contributed by atoms with Gasteiger partial charge in [-0.15, -0.1) is 0 Å². The number of hydrogen-bond donors (Lipinski definition) is 0. The van der Waals surface area contributed by atoms with Crippen LogP contribution in [0.2, 0.25) is 0 Å². The van der Waals surface area contributed by atoms with E-state index in [1.807, 2.05) is 43.9 Å². The fraction of sp³-hybridized carbons (Fsp3) is 0.533. The lowest BCUT2D eigenvalue weighted by Gasteiger charge is -2.35. The molecule has 1 unspecified atom stereocenters. The number of carbonyl (C=O) groups excluding carboxylic acids is 2. The first-order valence-corrected chi connectivity index (χ1v) is 13.1. The van der Waals surface area contributed by atoms with Gasteiger partial charge in [-0.05, 0) is 75.3 Å². The summed E-state index contributed by atoms with van der Waals surface area (Å²) in [6.07, 6.45) is 4.03. The van der Waals surface area contributed by atoms with Crippen LogP contribution in [0, 0.1) is 5.41 Å². The predicted molar refractivity (Wildman–Crippen MR) is 139 cm³/mol. The molecule has 0 saturated heterocycles. The average molecular weight is 491 g/mol. The number of esters is 1. The van der Waals surface area contributed by atoms with Crippen LogP contribution in [0.25, 0.3) is 0 Å². The molecule has 2 aliphatic carbocycles. The Hall–Kier alpha value is -2.86. The van der Waals surface area contributed by atoms with Crippen molar-refractivity contribution in [3.05, 3.63) is 70.8 Å². The van der Waals surface area contributed by atoms with Gasteiger partial charge in [0.05, 0.1) is 12.7 Å². The summed E-state index contributed by atoms with van der Waals surface area (Å²) >= 11 is 0. The Morgan fingerprint density at radius 3 is 2.50 bits per heavy atom. The van der Waals surface area contributed by atoms with Crippen LogP contribution >= 0.6 is 0 Å². The second-order valence-corrected chi connectivity index (χ2v) is 11.9. The molecular formula is C30H38N2O4. The number of methoxy groups -OCH3 is 1. The van der Waals surface area contributed by atoms with Gasteiger partial charge in [-0.3, -0.25) is 4.90 Å². The Balaban J connectivity index is 1.28. The monoisotopic (exact) mass is 490 g/mol. The van der Waals surface area contributed by atoms with E-state index in [0.717, 1.165) is 51.9 Å². The molecule has 3 aliphatic rings. The van der Waals surface area contributed by atoms with Gasteiger partial charge >= 0.3 is 12.1 Å². The van der Waals surface area contributed by atoms with Gasteiger partial charge in [-0.25, -0.2) is 9.59 Å². The van der Waals surface area contributed by atoms with Crippen molar-refractivity contribution in [2.45, 2.75) is 70.6 Å². The first-order chi connectivity index (χ1) is 17.2. The Morgan fingerprint density at radius 2 is 1.83 bits per heavy atom. The molecule has 1 aliphatic heterocycles. The zero-order valence-electron chi connectivity index (χ0n) is 22.0. The molecule has 36 heavy (non-hydrogen) atoms. The molecule has 1 amide bonds. The lowest BCUT2D eigenvalue weighted by Crippen LogP contribution is -2.45. The normalized spacial score (nSPS) is 22.3. The number of fused-ring (bicyclic) bond motifs is 1. The standard InChI is InChI=1S/C30H38N2O4/c1-29(2,3)36-28(34)32(26-17-25(26)22-8-6-5-7-9-22)20-30(13-14-30)19-31-15-12-21-10-11-23(27(33)35-4)16-24(21)18-31/h5-11,16,25-26H,12-15,17-20H2,1-4H3/t25?,26-/m0/s1. The number of amides is 1. The van der Waals surface area contributed by atoms with Crippen LogP contribution < -0.4 is 0 Å². The van der Waals surface area contributed by atoms with E-state index < -0.39 is 5.60 Å². The average Bonchev–Trinajstić information content (AvgIpc) is 3.77. The van der Waals surface area contributed by atoms with Crippen molar-refractivity contribution in [1.82, 2.24) is 9.80 Å². The summed E-state index contributed by atoms with van der Waals surface area (Å²) in [6, 6.07) is 16.6. The quantitative estimate of drug-likeness (QED) is 0.486. The minimum atomic E-state index is -0.517. The summed E-state index contributed by atoms with van der Waals surface area (Å²) in [5, 5.41) is 0. The Morgan fingerprint density at radius 1 is 1.08 bits per heavy atom. The summed E-state index contributed by atoms with van der Waals surface area (Å²) in [5.41, 5.74) is 4.01. The highest BCUT2D eigenvalue weighted by molar-refractivity contribution is 5.89. The summed E-state index contributed by atoms with van der Waals surface area (Å²) in [4.78, 5) is 29.9. The van der Waals surface area contributed by atoms with Crippen LogP contribution in [0.3, 0.4) is 0 Å². The van der Waals surface area contributed by atoms with Gasteiger partial charge in [0.2, 0.25) is 0 Å². The highest BCUT2D eigenvalue weighted by atomic mass is 16.6. The largest absolute Gasteiger partial charge is 0.465 e. The highest BCUT2D eigenvalue weighted by Gasteiger charge is 2.52. The molecular weight excluding hydrogens is 452 g/mol. The van der Waals surface area contributed by atoms with Crippen molar-refractivity contribution in [2.75, 3.05) is 26.7 Å². The lowest BCUT2D eigenvalue weighted by molar-refractivity contribution is 0.0168. The maximum absolute atomic E-state index is 13.4. The molecule has 192 valence electrons. The number of rotatable bonds is 7. The molecule has 2 aromatic carbocycles. The first-order valence-electron chi connectivity index (χ1n) is 13.1. The minimum Gasteiger partial charge on any atom is -0.465 e. The topological polar surface area (TPSA) is 59.1 Å². The van der Waals surface area contributed by atoms with E-state index in [9.17, 15) is 9.59 Å². The van der Waals surface area contributed by atoms with Gasteiger partial charge in [0, 0.05) is 43.6 Å². The van der Waals surface area contributed by atoms with E-state index in [0.29, 0.717) is 11.5 Å². The zero-order chi connectivity index (χ0) is 25.5. The number of nitrogens with zero attached hydrogens (tertiary/aromatic N) is 2. The highest BCUT2D eigenvalue weighted by Crippen LogP contribution is 2.52. The maximum Gasteiger partial charge on any atom is 0.410 e. The fourth-order valence-electron chi connectivity index (χ4n) is 5.60. The van der Waals surface area contributed by atoms with Crippen molar-refractivity contribution in [3.63, 3.8) is 0 Å². The van der Waals surface area contributed by atoms with Crippen LogP contribution in [0.15, 0.2) is 48.5 Å². The van der Waals surface area contributed by atoms with Crippen LogP contribution in [0.4, 0.5) is 4.79 Å². The summed E-state index contributed by atoms with van der Waals surface area (Å²) < 4.78 is 10.8. The molecule has 6 nitrogen and oxygen atoms in total. The molecule has 2 saturated carbocycles. The van der Waals surface area contributed by atoms with Gasteiger partial charge in [0.15, 0.2) is 0 Å². The molecule has 0 aromatic heterocycles. The van der Waals surface area contributed by atoms with Gasteiger partial charge in [-0.1, -0.05) is 36.4 Å². The van der Waals surface area contributed by atoms with Crippen molar-refractivity contribution >= 4 is 12.1 Å². The molecule has 1 heterocycles. The summed E-state index contributed by atoms with van der Waals surface area (Å²) in [6.45, 7) is 9.32. The van der Waals surface area contributed by atoms with Crippen LogP contribution in [0.1, 0.15) is 73.0 Å².